The lowest BCUT2D eigenvalue weighted by Crippen LogP contribution is -2.51. The minimum Gasteiger partial charge on any atom is -0.373 e. The lowest BCUT2D eigenvalue weighted by Gasteiger charge is -2.44. The minimum absolute atomic E-state index is 0.240. The van der Waals surface area contributed by atoms with E-state index in [1.165, 1.54) is 22.7 Å². The molecule has 0 saturated carbocycles. The molecule has 8 nitrogen and oxygen atoms in total. The number of aromatic nitrogens is 4. The van der Waals surface area contributed by atoms with Crippen LogP contribution in [0.2, 0.25) is 16.6 Å². The molecule has 2 aliphatic heterocycles. The van der Waals surface area contributed by atoms with Crippen molar-refractivity contribution in [1.29, 1.82) is 0 Å². The molecule has 0 amide bonds. The Morgan fingerprint density at radius 3 is 2.20 bits per heavy atom. The van der Waals surface area contributed by atoms with Crippen molar-refractivity contribution in [1.82, 2.24) is 23.5 Å². The number of rotatable bonds is 7. The number of hydrogen-bond donors (Lipinski definition) is 0. The van der Waals surface area contributed by atoms with Crippen molar-refractivity contribution < 1.29 is 8.42 Å². The summed E-state index contributed by atoms with van der Waals surface area (Å²) in [5.41, 5.74) is 6.52. The van der Waals surface area contributed by atoms with E-state index in [4.69, 9.17) is 15.0 Å². The van der Waals surface area contributed by atoms with Crippen LogP contribution in [0.1, 0.15) is 84.2 Å². The van der Waals surface area contributed by atoms with Gasteiger partial charge in [0.1, 0.15) is 12.1 Å². The number of piperidine rings is 1. The van der Waals surface area contributed by atoms with E-state index in [0.29, 0.717) is 29.7 Å². The molecule has 40 heavy (non-hydrogen) atoms. The molecule has 2 aliphatic rings. The van der Waals surface area contributed by atoms with Crippen LogP contribution in [0, 0.1) is 0 Å². The van der Waals surface area contributed by atoms with Crippen molar-refractivity contribution >= 4 is 35.0 Å². The number of nitrogens with zero attached hydrogens (tertiary/aromatic N) is 6. The molecule has 0 unspecified atom stereocenters. The van der Waals surface area contributed by atoms with E-state index in [1.807, 2.05) is 6.20 Å². The van der Waals surface area contributed by atoms with Crippen LogP contribution in [0.15, 0.2) is 30.9 Å². The van der Waals surface area contributed by atoms with Gasteiger partial charge in [0.2, 0.25) is 10.0 Å². The molecule has 0 aromatic carbocycles. The molecule has 1 fully saturated rings. The van der Waals surface area contributed by atoms with E-state index < -0.39 is 18.3 Å². The first-order valence-electron chi connectivity index (χ1n) is 14.9. The Balaban J connectivity index is 1.53. The molecular formula is C30H46N6O2SSi. The first kappa shape index (κ1) is 29.2. The van der Waals surface area contributed by atoms with E-state index in [0.717, 1.165) is 43.0 Å². The SMILES string of the molecule is CC(C)[Si](C(C)C)(C(C)C)n1ccc2c(N3Cc4c(ncnc4C4CCN(S(C)(=O)=O)CC4)C[C@H]3C)nccc21. The van der Waals surface area contributed by atoms with Crippen LogP contribution in [-0.2, 0) is 23.0 Å². The number of pyridine rings is 1. The Bertz CT molecular complexity index is 1450. The van der Waals surface area contributed by atoms with E-state index in [1.54, 1.807) is 10.6 Å². The van der Waals surface area contributed by atoms with Crippen molar-refractivity contribution in [3.8, 4) is 0 Å². The summed E-state index contributed by atoms with van der Waals surface area (Å²) in [5.74, 6) is 1.28. The van der Waals surface area contributed by atoms with E-state index in [-0.39, 0.29) is 12.0 Å². The average molecular weight is 583 g/mol. The van der Waals surface area contributed by atoms with Crippen LogP contribution >= 0.6 is 0 Å². The van der Waals surface area contributed by atoms with E-state index in [2.05, 4.69) is 75.9 Å². The van der Waals surface area contributed by atoms with Gasteiger partial charge in [0.15, 0.2) is 8.24 Å². The summed E-state index contributed by atoms with van der Waals surface area (Å²) in [6.07, 6.45) is 9.75. The third-order valence-corrected chi connectivity index (χ3v) is 17.9. The topological polar surface area (TPSA) is 84.2 Å². The van der Waals surface area contributed by atoms with Crippen molar-refractivity contribution in [2.75, 3.05) is 24.2 Å². The van der Waals surface area contributed by atoms with Gasteiger partial charge in [0, 0.05) is 60.7 Å². The van der Waals surface area contributed by atoms with Crippen LogP contribution < -0.4 is 4.90 Å². The van der Waals surface area contributed by atoms with E-state index in [9.17, 15) is 8.42 Å². The molecule has 10 heteroatoms. The van der Waals surface area contributed by atoms with Gasteiger partial charge in [-0.05, 0) is 54.7 Å². The number of sulfonamides is 1. The summed E-state index contributed by atoms with van der Waals surface area (Å²) in [6, 6.07) is 4.75. The highest BCUT2D eigenvalue weighted by Crippen LogP contribution is 2.45. The standard InChI is InChI=1S/C30H46N6O2SSi/c1-20(2)40(21(3)4,22(5)6)36-16-12-25-28(36)9-13-31-30(25)35-18-26-27(17-23(35)7)32-19-33-29(26)24-10-14-34(15-11-24)39(8,37)38/h9,12-13,16,19-24H,10-11,14-15,17-18H2,1-8H3/t23-/m1/s1. The molecule has 0 radical (unpaired) electrons. The smallest absolute Gasteiger partial charge is 0.211 e. The van der Waals surface area contributed by atoms with Gasteiger partial charge < -0.3 is 9.13 Å². The summed E-state index contributed by atoms with van der Waals surface area (Å²) < 4.78 is 28.4. The molecule has 0 spiro atoms. The predicted molar refractivity (Wildman–Crippen MR) is 166 cm³/mol. The second-order valence-electron chi connectivity index (χ2n) is 12.9. The van der Waals surface area contributed by atoms with Crippen molar-refractivity contribution in [2.45, 2.75) is 103 Å². The fraction of sp³-hybridized carbons (Fsp3) is 0.633. The largest absolute Gasteiger partial charge is 0.373 e. The lowest BCUT2D eigenvalue weighted by molar-refractivity contribution is 0.317. The van der Waals surface area contributed by atoms with Crippen LogP contribution in [0.5, 0.6) is 0 Å². The highest BCUT2D eigenvalue weighted by molar-refractivity contribution is 7.88. The maximum atomic E-state index is 12.1. The van der Waals surface area contributed by atoms with Crippen LogP contribution in [0.4, 0.5) is 5.82 Å². The molecule has 0 bridgehead atoms. The Morgan fingerprint density at radius 2 is 1.60 bits per heavy atom. The quantitative estimate of drug-likeness (QED) is 0.321. The summed E-state index contributed by atoms with van der Waals surface area (Å²) in [6.45, 7) is 18.5. The Morgan fingerprint density at radius 1 is 0.950 bits per heavy atom. The maximum Gasteiger partial charge on any atom is 0.211 e. The Hall–Kier alpha value is -2.30. The lowest BCUT2D eigenvalue weighted by atomic mass is 9.88. The fourth-order valence-electron chi connectivity index (χ4n) is 8.08. The number of anilines is 1. The van der Waals surface area contributed by atoms with Gasteiger partial charge in [-0.25, -0.2) is 27.7 Å². The third kappa shape index (κ3) is 4.79. The summed E-state index contributed by atoms with van der Waals surface area (Å²) in [4.78, 5) is 16.9. The van der Waals surface area contributed by atoms with E-state index >= 15 is 0 Å². The highest BCUT2D eigenvalue weighted by Gasteiger charge is 2.46. The molecule has 3 aromatic heterocycles. The third-order valence-electron chi connectivity index (χ3n) is 9.79. The Kier molecular flexibility index (Phi) is 7.91. The first-order valence-corrected chi connectivity index (χ1v) is 18.9. The molecule has 5 heterocycles. The van der Waals surface area contributed by atoms with Crippen LogP contribution in [0.25, 0.3) is 10.9 Å². The Labute approximate surface area is 241 Å². The minimum atomic E-state index is -3.16. The average Bonchev–Trinajstić information content (AvgIpc) is 3.32. The van der Waals surface area contributed by atoms with Gasteiger partial charge in [0.05, 0.1) is 17.6 Å². The summed E-state index contributed by atoms with van der Waals surface area (Å²) >= 11 is 0. The molecular weight excluding hydrogens is 537 g/mol. The van der Waals surface area contributed by atoms with Crippen molar-refractivity contribution in [2.24, 2.45) is 0 Å². The monoisotopic (exact) mass is 582 g/mol. The normalized spacial score (nSPS) is 19.8. The molecule has 3 aromatic rings. The highest BCUT2D eigenvalue weighted by atomic mass is 32.2. The predicted octanol–water partition coefficient (Wildman–Crippen LogP) is 5.94. The first-order chi connectivity index (χ1) is 18.9. The van der Waals surface area contributed by atoms with Gasteiger partial charge in [-0.2, -0.15) is 0 Å². The summed E-state index contributed by atoms with van der Waals surface area (Å²) in [7, 11) is -5.07. The van der Waals surface area contributed by atoms with Crippen molar-refractivity contribution in [3.63, 3.8) is 0 Å². The molecule has 218 valence electrons. The second-order valence-corrected chi connectivity index (χ2v) is 20.6. The van der Waals surface area contributed by atoms with Gasteiger partial charge in [-0.1, -0.05) is 41.5 Å². The van der Waals surface area contributed by atoms with Crippen molar-refractivity contribution in [3.05, 3.63) is 47.8 Å². The maximum absolute atomic E-state index is 12.1. The van der Waals surface area contributed by atoms with Crippen LogP contribution in [-0.4, -0.2) is 65.5 Å². The van der Waals surface area contributed by atoms with Gasteiger partial charge in [0.25, 0.3) is 0 Å². The van der Waals surface area contributed by atoms with Gasteiger partial charge in [-0.15, -0.1) is 0 Å². The zero-order valence-corrected chi connectivity index (χ0v) is 27.2. The van der Waals surface area contributed by atoms with Crippen LogP contribution in [0.3, 0.4) is 0 Å². The summed E-state index contributed by atoms with van der Waals surface area (Å²) in [5, 5.41) is 1.22. The molecule has 0 N–H and O–H groups in total. The number of hydrogen-bond acceptors (Lipinski definition) is 6. The zero-order valence-electron chi connectivity index (χ0n) is 25.4. The molecule has 0 aliphatic carbocycles. The number of fused-ring (bicyclic) bond motifs is 2. The second kappa shape index (κ2) is 10.8. The molecule has 5 rings (SSSR count). The van der Waals surface area contributed by atoms with Gasteiger partial charge >= 0.3 is 0 Å². The molecule has 1 saturated heterocycles. The van der Waals surface area contributed by atoms with Gasteiger partial charge in [-0.3, -0.25) is 0 Å². The fourth-order valence-corrected chi connectivity index (χ4v) is 15.6. The zero-order chi connectivity index (χ0) is 29.0. The molecule has 1 atom stereocenters.